The third-order valence-corrected chi connectivity index (χ3v) is 11.8. The molecule has 3 heterocycles. The van der Waals surface area contributed by atoms with Crippen LogP contribution >= 0.6 is 11.3 Å². The van der Waals surface area contributed by atoms with Gasteiger partial charge in [-0.2, -0.15) is 0 Å². The van der Waals surface area contributed by atoms with Crippen molar-refractivity contribution < 1.29 is 0 Å². The van der Waals surface area contributed by atoms with E-state index in [0.29, 0.717) is 17.5 Å². The molecule has 3 aromatic heterocycles. The molecule has 0 N–H and O–H groups in total. The molecule has 11 aromatic rings. The minimum Gasteiger partial charge on any atom is -0.309 e. The monoisotopic (exact) mass is 732 g/mol. The number of fused-ring (bicyclic) bond motifs is 6. The van der Waals surface area contributed by atoms with Crippen LogP contribution in [0.15, 0.2) is 194 Å². The summed E-state index contributed by atoms with van der Waals surface area (Å²) in [7, 11) is 0. The molecule has 0 spiro atoms. The van der Waals surface area contributed by atoms with Gasteiger partial charge < -0.3 is 4.57 Å². The number of aromatic nitrogens is 4. The quantitative estimate of drug-likeness (QED) is 0.171. The van der Waals surface area contributed by atoms with E-state index in [-0.39, 0.29) is 0 Å². The molecule has 0 saturated heterocycles. The van der Waals surface area contributed by atoms with Gasteiger partial charge in [-0.05, 0) is 58.7 Å². The fraction of sp³-hybridized carbons (Fsp3) is 0. The maximum Gasteiger partial charge on any atom is 0.164 e. The maximum atomic E-state index is 5.27. The largest absolute Gasteiger partial charge is 0.309 e. The predicted molar refractivity (Wildman–Crippen MR) is 234 cm³/mol. The molecule has 5 heteroatoms. The van der Waals surface area contributed by atoms with E-state index in [9.17, 15) is 0 Å². The number of thiophene rings is 1. The Labute approximate surface area is 327 Å². The average molecular weight is 733 g/mol. The average Bonchev–Trinajstić information content (AvgIpc) is 3.82. The van der Waals surface area contributed by atoms with Gasteiger partial charge in [-0.3, -0.25) is 0 Å². The van der Waals surface area contributed by atoms with Crippen LogP contribution in [-0.4, -0.2) is 19.5 Å². The van der Waals surface area contributed by atoms with Gasteiger partial charge in [0.25, 0.3) is 0 Å². The molecule has 262 valence electrons. The van der Waals surface area contributed by atoms with Gasteiger partial charge in [0, 0.05) is 53.3 Å². The highest BCUT2D eigenvalue weighted by atomic mass is 32.1. The van der Waals surface area contributed by atoms with E-state index < -0.39 is 0 Å². The molecule has 0 radical (unpaired) electrons. The zero-order chi connectivity index (χ0) is 37.0. The van der Waals surface area contributed by atoms with Crippen LogP contribution in [0.2, 0.25) is 0 Å². The third kappa shape index (κ3) is 5.48. The highest BCUT2D eigenvalue weighted by molar-refractivity contribution is 7.25. The zero-order valence-electron chi connectivity index (χ0n) is 30.2. The van der Waals surface area contributed by atoms with E-state index in [1.54, 1.807) is 11.3 Å². The Morgan fingerprint density at radius 3 is 1.59 bits per heavy atom. The predicted octanol–water partition coefficient (Wildman–Crippen LogP) is 13.7. The molecule has 0 amide bonds. The molecule has 0 atom stereocenters. The molecule has 11 rings (SSSR count). The van der Waals surface area contributed by atoms with Gasteiger partial charge in [0.05, 0.1) is 11.0 Å². The van der Waals surface area contributed by atoms with Crippen molar-refractivity contribution in [2.24, 2.45) is 0 Å². The Balaban J connectivity index is 1.07. The summed E-state index contributed by atoms with van der Waals surface area (Å²) in [6.07, 6.45) is 0. The Morgan fingerprint density at radius 2 is 0.857 bits per heavy atom. The van der Waals surface area contributed by atoms with Crippen LogP contribution in [0.4, 0.5) is 0 Å². The second-order valence-corrected chi connectivity index (χ2v) is 15.1. The van der Waals surface area contributed by atoms with E-state index in [1.165, 1.54) is 31.3 Å². The first-order chi connectivity index (χ1) is 27.7. The zero-order valence-corrected chi connectivity index (χ0v) is 31.0. The second kappa shape index (κ2) is 13.3. The topological polar surface area (TPSA) is 43.6 Å². The van der Waals surface area contributed by atoms with Gasteiger partial charge in [-0.15, -0.1) is 11.3 Å². The third-order valence-electron chi connectivity index (χ3n) is 10.7. The van der Waals surface area contributed by atoms with Gasteiger partial charge in [0.2, 0.25) is 0 Å². The maximum absolute atomic E-state index is 5.27. The minimum absolute atomic E-state index is 0.635. The summed E-state index contributed by atoms with van der Waals surface area (Å²) in [6, 6.07) is 68.6. The van der Waals surface area contributed by atoms with Gasteiger partial charge >= 0.3 is 0 Å². The van der Waals surface area contributed by atoms with Gasteiger partial charge in [-0.25, -0.2) is 15.0 Å². The van der Waals surface area contributed by atoms with Crippen molar-refractivity contribution in [3.05, 3.63) is 194 Å². The number of nitrogens with zero attached hydrogens (tertiary/aromatic N) is 4. The summed E-state index contributed by atoms with van der Waals surface area (Å²) < 4.78 is 4.81. The number of para-hydroxylation sites is 2. The van der Waals surface area contributed by atoms with Crippen LogP contribution in [-0.2, 0) is 0 Å². The van der Waals surface area contributed by atoms with E-state index in [2.05, 4.69) is 193 Å². The van der Waals surface area contributed by atoms with Crippen molar-refractivity contribution in [2.45, 2.75) is 0 Å². The molecule has 56 heavy (non-hydrogen) atoms. The molecule has 0 aliphatic carbocycles. The fourth-order valence-corrected chi connectivity index (χ4v) is 9.12. The van der Waals surface area contributed by atoms with Crippen molar-refractivity contribution in [3.8, 4) is 62.1 Å². The summed E-state index contributed by atoms with van der Waals surface area (Å²) in [4.78, 5) is 15.7. The lowest BCUT2D eigenvalue weighted by Gasteiger charge is -2.11. The van der Waals surface area contributed by atoms with Gasteiger partial charge in [-0.1, -0.05) is 158 Å². The van der Waals surface area contributed by atoms with Crippen molar-refractivity contribution in [1.82, 2.24) is 19.5 Å². The Kier molecular flexibility index (Phi) is 7.64. The first-order valence-corrected chi connectivity index (χ1v) is 19.6. The lowest BCUT2D eigenvalue weighted by Crippen LogP contribution is -2.00. The van der Waals surface area contributed by atoms with Crippen LogP contribution in [0.1, 0.15) is 0 Å². The fourth-order valence-electron chi connectivity index (χ4n) is 7.98. The molecule has 0 saturated carbocycles. The van der Waals surface area contributed by atoms with Crippen molar-refractivity contribution in [1.29, 1.82) is 0 Å². The Morgan fingerprint density at radius 1 is 0.339 bits per heavy atom. The van der Waals surface area contributed by atoms with Gasteiger partial charge in [0.1, 0.15) is 0 Å². The summed E-state index contributed by atoms with van der Waals surface area (Å²) in [5.41, 5.74) is 10.9. The second-order valence-electron chi connectivity index (χ2n) is 14.0. The Bertz CT molecular complexity index is 3220. The highest BCUT2D eigenvalue weighted by Gasteiger charge is 2.20. The van der Waals surface area contributed by atoms with Crippen LogP contribution in [0, 0.1) is 0 Å². The molecular weight excluding hydrogens is 701 g/mol. The standard InChI is InChI=1S/C51H32N4S/c1-3-12-33(13-4-1)34-22-24-35(25-23-34)36-26-28-37(29-27-36)49-52-50(38-30-31-41-40-16-8-10-21-46(40)56-47(41)32-38)54-51(53-49)43-18-11-20-45-48(43)42-17-7-9-19-44(42)55(45)39-14-5-2-6-15-39/h1-32H. The molecule has 4 nitrogen and oxygen atoms in total. The van der Waals surface area contributed by atoms with Crippen LogP contribution in [0.3, 0.4) is 0 Å². The number of benzene rings is 8. The lowest BCUT2D eigenvalue weighted by molar-refractivity contribution is 1.08. The summed E-state index contributed by atoms with van der Waals surface area (Å²) in [5, 5.41) is 4.78. The normalized spacial score (nSPS) is 11.6. The van der Waals surface area contributed by atoms with Crippen molar-refractivity contribution in [3.63, 3.8) is 0 Å². The first-order valence-electron chi connectivity index (χ1n) is 18.8. The minimum atomic E-state index is 0.635. The van der Waals surface area contributed by atoms with Gasteiger partial charge in [0.15, 0.2) is 17.5 Å². The van der Waals surface area contributed by atoms with Crippen molar-refractivity contribution in [2.75, 3.05) is 0 Å². The molecule has 8 aromatic carbocycles. The first kappa shape index (κ1) is 32.2. The highest BCUT2D eigenvalue weighted by Crippen LogP contribution is 2.40. The van der Waals surface area contributed by atoms with Crippen LogP contribution < -0.4 is 0 Å². The summed E-state index contributed by atoms with van der Waals surface area (Å²) >= 11 is 1.80. The Hall–Kier alpha value is -7.21. The van der Waals surface area contributed by atoms with E-state index >= 15 is 0 Å². The SMILES string of the molecule is c1ccc(-c2ccc(-c3ccc(-c4nc(-c5ccc6c(c5)sc5ccccc56)nc(-c5cccc6c5c5ccccc5n6-c5ccccc5)n4)cc3)cc2)cc1. The van der Waals surface area contributed by atoms with E-state index in [1.807, 2.05) is 6.07 Å². The molecule has 0 bridgehead atoms. The summed E-state index contributed by atoms with van der Waals surface area (Å²) in [5.74, 6) is 1.92. The molecule has 0 aliphatic rings. The smallest absolute Gasteiger partial charge is 0.164 e. The van der Waals surface area contributed by atoms with E-state index in [0.717, 1.165) is 55.3 Å². The number of hydrogen-bond donors (Lipinski definition) is 0. The molecule has 0 unspecified atom stereocenters. The van der Waals surface area contributed by atoms with E-state index in [4.69, 9.17) is 15.0 Å². The molecular formula is C51H32N4S. The lowest BCUT2D eigenvalue weighted by atomic mass is 9.99. The summed E-state index contributed by atoms with van der Waals surface area (Å²) in [6.45, 7) is 0. The molecule has 0 aliphatic heterocycles. The van der Waals surface area contributed by atoms with Crippen LogP contribution in [0.25, 0.3) is 104 Å². The van der Waals surface area contributed by atoms with Crippen LogP contribution in [0.5, 0.6) is 0 Å². The number of hydrogen-bond acceptors (Lipinski definition) is 4. The number of rotatable bonds is 6. The van der Waals surface area contributed by atoms with Crippen molar-refractivity contribution >= 4 is 53.3 Å². The molecule has 0 fully saturated rings.